The molecule has 2 amide bonds. The van der Waals surface area contributed by atoms with E-state index in [2.05, 4.69) is 4.74 Å². The maximum atomic E-state index is 12.5. The average Bonchev–Trinajstić information content (AvgIpc) is 2.95. The molecular weight excluding hydrogens is 437 g/mol. The molecule has 0 aromatic heterocycles. The number of halogens is 2. The minimum atomic E-state index is -0.669. The molecular formula is C20H15Cl2NO5S. The molecule has 0 saturated carbocycles. The van der Waals surface area contributed by atoms with E-state index < -0.39 is 23.7 Å². The highest BCUT2D eigenvalue weighted by Gasteiger charge is 2.36. The van der Waals surface area contributed by atoms with Crippen molar-refractivity contribution in [3.63, 3.8) is 0 Å². The van der Waals surface area contributed by atoms with Gasteiger partial charge < -0.3 is 9.47 Å². The lowest BCUT2D eigenvalue weighted by atomic mass is 10.1. The van der Waals surface area contributed by atoms with Gasteiger partial charge in [-0.05, 0) is 36.0 Å². The van der Waals surface area contributed by atoms with Crippen molar-refractivity contribution in [2.45, 2.75) is 6.61 Å². The van der Waals surface area contributed by atoms with Crippen LogP contribution in [0.15, 0.2) is 47.4 Å². The Morgan fingerprint density at radius 2 is 1.93 bits per heavy atom. The molecule has 6 nitrogen and oxygen atoms in total. The summed E-state index contributed by atoms with van der Waals surface area (Å²) in [6.07, 6.45) is 1.56. The van der Waals surface area contributed by atoms with Gasteiger partial charge >= 0.3 is 5.97 Å². The maximum Gasteiger partial charge on any atom is 0.325 e. The first-order valence-electron chi connectivity index (χ1n) is 8.37. The molecule has 1 aliphatic heterocycles. The van der Waals surface area contributed by atoms with Crippen LogP contribution in [-0.4, -0.2) is 35.7 Å². The Morgan fingerprint density at radius 3 is 2.66 bits per heavy atom. The quantitative estimate of drug-likeness (QED) is 0.464. The molecule has 0 N–H and O–H groups in total. The molecule has 29 heavy (non-hydrogen) atoms. The number of hydrogen-bond acceptors (Lipinski definition) is 6. The number of hydrogen-bond donors (Lipinski definition) is 0. The minimum Gasteiger partial charge on any atom is -0.488 e. The smallest absolute Gasteiger partial charge is 0.325 e. The Hall–Kier alpha value is -2.48. The first-order chi connectivity index (χ1) is 13.9. The van der Waals surface area contributed by atoms with Crippen LogP contribution in [-0.2, 0) is 20.9 Å². The third-order valence-electron chi connectivity index (χ3n) is 3.99. The van der Waals surface area contributed by atoms with Crippen LogP contribution >= 0.6 is 35.0 Å². The number of ether oxygens (including phenoxy) is 2. The zero-order valence-electron chi connectivity index (χ0n) is 15.2. The normalized spacial score (nSPS) is 15.1. The molecule has 2 aromatic carbocycles. The second kappa shape index (κ2) is 9.35. The number of nitrogens with zero attached hydrogens (tertiary/aromatic N) is 1. The standard InChI is InChI=1S/C20H15Cl2NO5S/c1-27-18(24)10-23-19(25)17(29-20(23)26)8-12-4-2-3-5-16(12)28-11-13-6-7-14(21)9-15(13)22/h2-9H,10-11H2,1H3/b17-8+. The number of carbonyl (C=O) groups excluding carboxylic acids is 3. The fourth-order valence-electron chi connectivity index (χ4n) is 2.50. The van der Waals surface area contributed by atoms with Crippen molar-refractivity contribution in [1.82, 2.24) is 4.90 Å². The number of methoxy groups -OCH3 is 1. The van der Waals surface area contributed by atoms with E-state index in [9.17, 15) is 14.4 Å². The summed E-state index contributed by atoms with van der Waals surface area (Å²) in [5.41, 5.74) is 1.37. The topological polar surface area (TPSA) is 72.9 Å². The van der Waals surface area contributed by atoms with Gasteiger partial charge in [0.15, 0.2) is 0 Å². The van der Waals surface area contributed by atoms with Crippen LogP contribution in [0.1, 0.15) is 11.1 Å². The summed E-state index contributed by atoms with van der Waals surface area (Å²) < 4.78 is 10.4. The van der Waals surface area contributed by atoms with Gasteiger partial charge in [-0.2, -0.15) is 0 Å². The Labute approximate surface area is 181 Å². The molecule has 2 aromatic rings. The van der Waals surface area contributed by atoms with Gasteiger partial charge in [0.1, 0.15) is 18.9 Å². The Balaban J connectivity index is 1.79. The van der Waals surface area contributed by atoms with Crippen molar-refractivity contribution in [3.8, 4) is 5.75 Å². The lowest BCUT2D eigenvalue weighted by Crippen LogP contribution is -2.34. The summed E-state index contributed by atoms with van der Waals surface area (Å²) in [5, 5.41) is 0.485. The maximum absolute atomic E-state index is 12.5. The predicted octanol–water partition coefficient (Wildman–Crippen LogP) is 4.78. The van der Waals surface area contributed by atoms with Crippen molar-refractivity contribution in [3.05, 3.63) is 68.5 Å². The monoisotopic (exact) mass is 451 g/mol. The number of rotatable bonds is 6. The molecule has 1 saturated heterocycles. The number of carbonyl (C=O) groups is 3. The number of esters is 1. The molecule has 0 bridgehead atoms. The van der Waals surface area contributed by atoms with Gasteiger partial charge in [-0.25, -0.2) is 0 Å². The lowest BCUT2D eigenvalue weighted by molar-refractivity contribution is -0.143. The highest BCUT2D eigenvalue weighted by atomic mass is 35.5. The fourth-order valence-corrected chi connectivity index (χ4v) is 3.79. The number of thioether (sulfide) groups is 1. The first-order valence-corrected chi connectivity index (χ1v) is 9.94. The van der Waals surface area contributed by atoms with Crippen molar-refractivity contribution in [2.24, 2.45) is 0 Å². The Morgan fingerprint density at radius 1 is 1.17 bits per heavy atom. The number of imide groups is 1. The summed E-state index contributed by atoms with van der Waals surface area (Å²) in [4.78, 5) is 37.0. The third kappa shape index (κ3) is 5.12. The van der Waals surface area contributed by atoms with Crippen LogP contribution in [0.5, 0.6) is 5.75 Å². The van der Waals surface area contributed by atoms with Crippen LogP contribution < -0.4 is 4.74 Å². The molecule has 0 aliphatic carbocycles. The van der Waals surface area contributed by atoms with Crippen LogP contribution in [0.4, 0.5) is 4.79 Å². The summed E-state index contributed by atoms with van der Waals surface area (Å²) in [7, 11) is 1.19. The van der Waals surface area contributed by atoms with E-state index in [1.807, 2.05) is 0 Å². The van der Waals surface area contributed by atoms with Gasteiger partial charge in [0.25, 0.3) is 11.1 Å². The van der Waals surface area contributed by atoms with Gasteiger partial charge in [0.2, 0.25) is 0 Å². The summed E-state index contributed by atoms with van der Waals surface area (Å²) >= 11 is 12.8. The van der Waals surface area contributed by atoms with E-state index >= 15 is 0 Å². The van der Waals surface area contributed by atoms with E-state index in [-0.39, 0.29) is 11.5 Å². The molecule has 1 heterocycles. The van der Waals surface area contributed by atoms with Crippen LogP contribution in [0, 0.1) is 0 Å². The van der Waals surface area contributed by atoms with Crippen molar-refractivity contribution >= 4 is 58.2 Å². The predicted molar refractivity (Wildman–Crippen MR) is 112 cm³/mol. The third-order valence-corrected chi connectivity index (χ3v) is 5.49. The SMILES string of the molecule is COC(=O)CN1C(=O)S/C(=C/c2ccccc2OCc2ccc(Cl)cc2Cl)C1=O. The molecule has 0 radical (unpaired) electrons. The first kappa shape index (κ1) is 21.2. The summed E-state index contributed by atoms with van der Waals surface area (Å²) in [5.74, 6) is -0.712. The minimum absolute atomic E-state index is 0.194. The summed E-state index contributed by atoms with van der Waals surface area (Å²) in [6, 6.07) is 12.2. The molecule has 150 valence electrons. The Kier molecular flexibility index (Phi) is 6.84. The fraction of sp³-hybridized carbons (Fsp3) is 0.150. The van der Waals surface area contributed by atoms with E-state index in [0.29, 0.717) is 21.4 Å². The molecule has 0 spiro atoms. The van der Waals surface area contributed by atoms with Crippen LogP contribution in [0.2, 0.25) is 10.0 Å². The average molecular weight is 452 g/mol. The van der Waals surface area contributed by atoms with Gasteiger partial charge in [-0.3, -0.25) is 19.3 Å². The van der Waals surface area contributed by atoms with E-state index in [1.54, 1.807) is 48.5 Å². The molecule has 1 aliphatic rings. The van der Waals surface area contributed by atoms with E-state index in [4.69, 9.17) is 27.9 Å². The van der Waals surface area contributed by atoms with Crippen LogP contribution in [0.25, 0.3) is 6.08 Å². The van der Waals surface area contributed by atoms with Gasteiger partial charge in [0, 0.05) is 21.2 Å². The van der Waals surface area contributed by atoms with Gasteiger partial charge in [0.05, 0.1) is 12.0 Å². The van der Waals surface area contributed by atoms with E-state index in [1.165, 1.54) is 7.11 Å². The van der Waals surface area contributed by atoms with Crippen molar-refractivity contribution in [2.75, 3.05) is 13.7 Å². The Bertz CT molecular complexity index is 1010. The highest BCUT2D eigenvalue weighted by Crippen LogP contribution is 2.34. The zero-order chi connectivity index (χ0) is 21.0. The highest BCUT2D eigenvalue weighted by molar-refractivity contribution is 8.18. The second-order valence-electron chi connectivity index (χ2n) is 5.91. The van der Waals surface area contributed by atoms with Gasteiger partial charge in [-0.1, -0.05) is 47.5 Å². The van der Waals surface area contributed by atoms with E-state index in [0.717, 1.165) is 22.2 Å². The van der Waals surface area contributed by atoms with Crippen molar-refractivity contribution < 1.29 is 23.9 Å². The molecule has 9 heteroatoms. The zero-order valence-corrected chi connectivity index (χ0v) is 17.5. The molecule has 3 rings (SSSR count). The van der Waals surface area contributed by atoms with Crippen molar-refractivity contribution in [1.29, 1.82) is 0 Å². The summed E-state index contributed by atoms with van der Waals surface area (Å²) in [6.45, 7) is -0.226. The molecule has 0 unspecified atom stereocenters. The number of para-hydroxylation sites is 1. The molecule has 0 atom stereocenters. The number of benzene rings is 2. The lowest BCUT2D eigenvalue weighted by Gasteiger charge is -2.11. The number of amides is 2. The molecule has 1 fully saturated rings. The van der Waals surface area contributed by atoms with Gasteiger partial charge in [-0.15, -0.1) is 0 Å². The second-order valence-corrected chi connectivity index (χ2v) is 7.74. The largest absolute Gasteiger partial charge is 0.488 e. The van der Waals surface area contributed by atoms with Crippen LogP contribution in [0.3, 0.4) is 0 Å².